The maximum Gasteiger partial charge on any atom is 0.340 e. The number of hydrogen-bond acceptors (Lipinski definition) is 6. The van der Waals surface area contributed by atoms with Crippen molar-refractivity contribution in [1.29, 1.82) is 0 Å². The van der Waals surface area contributed by atoms with Crippen molar-refractivity contribution in [2.45, 2.75) is 50.9 Å². The van der Waals surface area contributed by atoms with Gasteiger partial charge in [0.05, 0.1) is 29.0 Å². The molecule has 1 spiro atoms. The molecule has 33 heavy (non-hydrogen) atoms. The van der Waals surface area contributed by atoms with Crippen LogP contribution in [0.4, 0.5) is 4.39 Å². The van der Waals surface area contributed by atoms with Gasteiger partial charge in [-0.05, 0) is 55.5 Å². The van der Waals surface area contributed by atoms with Crippen LogP contribution in [0.15, 0.2) is 16.9 Å². The lowest BCUT2D eigenvalue weighted by atomic mass is 9.67. The molecular weight excluding hydrogens is 425 g/mol. The number of benzene rings is 1. The fourth-order valence-corrected chi connectivity index (χ4v) is 6.49. The molecule has 1 aromatic carbocycles. The molecule has 7 rings (SSSR count). The van der Waals surface area contributed by atoms with Crippen LogP contribution in [0.5, 0.6) is 0 Å². The van der Waals surface area contributed by atoms with Gasteiger partial charge in [0.2, 0.25) is 0 Å². The van der Waals surface area contributed by atoms with Crippen LogP contribution in [0.1, 0.15) is 52.3 Å². The van der Waals surface area contributed by atoms with Gasteiger partial charge in [0, 0.05) is 34.5 Å². The van der Waals surface area contributed by atoms with Crippen molar-refractivity contribution in [2.24, 2.45) is 0 Å². The normalized spacial score (nSPS) is 24.7. The topological polar surface area (TPSA) is 93.5 Å². The smallest absolute Gasteiger partial charge is 0.340 e. The average molecular weight is 447 g/mol. The van der Waals surface area contributed by atoms with Gasteiger partial charge in [-0.2, -0.15) is 0 Å². The van der Waals surface area contributed by atoms with Crippen molar-refractivity contribution >= 4 is 16.9 Å². The van der Waals surface area contributed by atoms with Crippen molar-refractivity contribution in [3.8, 4) is 11.4 Å². The van der Waals surface area contributed by atoms with E-state index in [0.717, 1.165) is 48.9 Å². The largest absolute Gasteiger partial charge is 0.458 e. The molecule has 0 saturated carbocycles. The molecule has 0 bridgehead atoms. The van der Waals surface area contributed by atoms with Gasteiger partial charge in [-0.25, -0.2) is 14.2 Å². The Hall–Kier alpha value is -3.10. The van der Waals surface area contributed by atoms with Gasteiger partial charge in [0.15, 0.2) is 6.10 Å². The lowest BCUT2D eigenvalue weighted by Gasteiger charge is -2.37. The third kappa shape index (κ3) is 2.32. The molecule has 4 aliphatic rings. The lowest BCUT2D eigenvalue weighted by molar-refractivity contribution is -0.157. The molecule has 1 aliphatic carbocycles. The first kappa shape index (κ1) is 19.4. The molecule has 2 unspecified atom stereocenters. The Morgan fingerprint density at radius 1 is 1.24 bits per heavy atom. The number of fused-ring (bicyclic) bond motifs is 6. The van der Waals surface area contributed by atoms with Gasteiger partial charge in [-0.1, -0.05) is 0 Å². The minimum atomic E-state index is -1.49. The number of nitrogens with zero attached hydrogens (tertiary/aromatic N) is 2. The van der Waals surface area contributed by atoms with E-state index in [0.29, 0.717) is 34.6 Å². The highest BCUT2D eigenvalue weighted by Gasteiger charge is 2.44. The fourth-order valence-electron chi connectivity index (χ4n) is 6.49. The molecule has 2 N–H and O–H groups in total. The first-order chi connectivity index (χ1) is 15.9. The van der Waals surface area contributed by atoms with Crippen LogP contribution >= 0.6 is 0 Å². The number of hydrogen-bond donors (Lipinski definition) is 2. The Morgan fingerprint density at radius 2 is 2.09 bits per heavy atom. The Morgan fingerprint density at radius 3 is 2.88 bits per heavy atom. The van der Waals surface area contributed by atoms with Crippen molar-refractivity contribution in [2.75, 3.05) is 13.1 Å². The van der Waals surface area contributed by atoms with E-state index in [1.54, 1.807) is 10.6 Å². The lowest BCUT2D eigenvalue weighted by Crippen LogP contribution is -2.35. The number of ether oxygens (including phenoxy) is 1. The molecule has 7 nitrogen and oxygen atoms in total. The maximum absolute atomic E-state index is 14.9. The summed E-state index contributed by atoms with van der Waals surface area (Å²) in [4.78, 5) is 30.2. The van der Waals surface area contributed by atoms with Crippen LogP contribution in [0.2, 0.25) is 0 Å². The summed E-state index contributed by atoms with van der Waals surface area (Å²) in [5.41, 5.74) is 5.91. The van der Waals surface area contributed by atoms with Gasteiger partial charge in [0.1, 0.15) is 12.4 Å². The van der Waals surface area contributed by atoms with Crippen LogP contribution in [-0.2, 0) is 34.5 Å². The summed E-state index contributed by atoms with van der Waals surface area (Å²) in [5, 5.41) is 14.9. The average Bonchev–Trinajstić information content (AvgIpc) is 3.41. The Kier molecular flexibility index (Phi) is 3.68. The second-order valence-electron chi connectivity index (χ2n) is 9.74. The van der Waals surface area contributed by atoms with E-state index in [1.807, 2.05) is 6.92 Å². The van der Waals surface area contributed by atoms with Gasteiger partial charge in [-0.15, -0.1) is 0 Å². The SMILES string of the molecule is Cc1c(F)cc2nc3c(c4c2c1CCC41CCNC1)Cn1c-3cc2c(c1=O)COC(=O)C2O. The maximum atomic E-state index is 14.9. The molecule has 3 aliphatic heterocycles. The second kappa shape index (κ2) is 6.27. The van der Waals surface area contributed by atoms with E-state index >= 15 is 0 Å². The van der Waals surface area contributed by atoms with Crippen LogP contribution in [-0.4, -0.2) is 33.7 Å². The minimum Gasteiger partial charge on any atom is -0.458 e. The highest BCUT2D eigenvalue weighted by molar-refractivity contribution is 5.93. The van der Waals surface area contributed by atoms with Gasteiger partial charge < -0.3 is 19.7 Å². The van der Waals surface area contributed by atoms with Gasteiger partial charge in [0.25, 0.3) is 5.56 Å². The summed E-state index contributed by atoms with van der Waals surface area (Å²) in [6.45, 7) is 3.82. The van der Waals surface area contributed by atoms with Crippen molar-refractivity contribution in [3.63, 3.8) is 0 Å². The number of rotatable bonds is 0. The highest BCUT2D eigenvalue weighted by atomic mass is 19.1. The number of cyclic esters (lactones) is 1. The van der Waals surface area contributed by atoms with Crippen molar-refractivity contribution in [3.05, 3.63) is 61.7 Å². The van der Waals surface area contributed by atoms with Crippen LogP contribution in [0, 0.1) is 12.7 Å². The van der Waals surface area contributed by atoms with Crippen molar-refractivity contribution < 1.29 is 19.0 Å². The highest BCUT2D eigenvalue weighted by Crippen LogP contribution is 2.50. The summed E-state index contributed by atoms with van der Waals surface area (Å²) in [7, 11) is 0. The summed E-state index contributed by atoms with van der Waals surface area (Å²) >= 11 is 0. The number of pyridine rings is 2. The summed E-state index contributed by atoms with van der Waals surface area (Å²) < 4.78 is 21.5. The Balaban J connectivity index is 1.58. The molecule has 168 valence electrons. The molecule has 3 aromatic rings. The quantitative estimate of drug-likeness (QED) is 0.401. The van der Waals surface area contributed by atoms with Gasteiger partial charge >= 0.3 is 5.97 Å². The van der Waals surface area contributed by atoms with E-state index in [-0.39, 0.29) is 29.0 Å². The summed E-state index contributed by atoms with van der Waals surface area (Å²) in [6, 6.07) is 3.19. The molecule has 0 radical (unpaired) electrons. The number of aromatic nitrogens is 2. The van der Waals surface area contributed by atoms with Gasteiger partial charge in [-0.3, -0.25) is 4.79 Å². The summed E-state index contributed by atoms with van der Waals surface area (Å²) in [5.74, 6) is -1.03. The van der Waals surface area contributed by atoms with Crippen molar-refractivity contribution in [1.82, 2.24) is 14.9 Å². The Labute approximate surface area is 188 Å². The summed E-state index contributed by atoms with van der Waals surface area (Å²) in [6.07, 6.45) is 1.22. The fraction of sp³-hybridized carbons (Fsp3) is 0.400. The molecule has 0 amide bonds. The van der Waals surface area contributed by atoms with E-state index in [2.05, 4.69) is 5.32 Å². The third-order valence-electron chi connectivity index (χ3n) is 8.20. The monoisotopic (exact) mass is 447 g/mol. The third-order valence-corrected chi connectivity index (χ3v) is 8.20. The molecule has 2 aromatic heterocycles. The minimum absolute atomic E-state index is 0.0770. The number of carbonyl (C=O) groups is 1. The van der Waals surface area contributed by atoms with E-state index in [4.69, 9.17) is 9.72 Å². The van der Waals surface area contributed by atoms with E-state index in [9.17, 15) is 19.1 Å². The van der Waals surface area contributed by atoms with E-state index < -0.39 is 12.1 Å². The van der Waals surface area contributed by atoms with E-state index in [1.165, 1.54) is 11.6 Å². The zero-order chi connectivity index (χ0) is 22.6. The molecule has 1 saturated heterocycles. The zero-order valence-corrected chi connectivity index (χ0v) is 18.1. The van der Waals surface area contributed by atoms with Crippen LogP contribution in [0.25, 0.3) is 22.3 Å². The number of aryl methyl sites for hydroxylation is 1. The number of esters is 1. The number of carbonyl (C=O) groups excluding carboxylic acids is 1. The molecule has 2 atom stereocenters. The predicted molar refractivity (Wildman–Crippen MR) is 117 cm³/mol. The molecular formula is C25H22FN3O4. The molecule has 8 heteroatoms. The number of aliphatic hydroxyl groups excluding tert-OH is 1. The molecule has 5 heterocycles. The Bertz CT molecular complexity index is 1490. The number of halogens is 1. The van der Waals surface area contributed by atoms with Crippen LogP contribution < -0.4 is 10.9 Å². The zero-order valence-electron chi connectivity index (χ0n) is 18.1. The molecule has 1 fully saturated rings. The standard InChI is InChI=1S/C25H22FN3O4/c1-11-12-2-3-25(4-5-27-10-25)20-14-8-29-18(21(14)28-17(19(12)20)7-16(11)26)6-13-15(23(29)31)9-33-24(32)22(13)30/h6-7,22,27,30H,2-5,8-10H2,1H3. The number of nitrogens with one attached hydrogen (secondary N) is 1. The van der Waals surface area contributed by atoms with Crippen LogP contribution in [0.3, 0.4) is 0 Å². The predicted octanol–water partition coefficient (Wildman–Crippen LogP) is 2.14. The number of aliphatic hydroxyl groups is 1. The second-order valence-corrected chi connectivity index (χ2v) is 9.74. The first-order valence-corrected chi connectivity index (χ1v) is 11.4. The first-order valence-electron chi connectivity index (χ1n) is 11.4.